The Morgan fingerprint density at radius 2 is 2.23 bits per heavy atom. The van der Waals surface area contributed by atoms with E-state index in [9.17, 15) is 0 Å². The van der Waals surface area contributed by atoms with Crippen LogP contribution in [0.4, 0.5) is 0 Å². The van der Waals surface area contributed by atoms with Crippen molar-refractivity contribution in [1.82, 2.24) is 4.90 Å². The fourth-order valence-corrected chi connectivity index (χ4v) is 2.21. The summed E-state index contributed by atoms with van der Waals surface area (Å²) in [7, 11) is 2.17. The Labute approximate surface area is 81.5 Å². The third-order valence-corrected chi connectivity index (χ3v) is 2.82. The molecule has 1 saturated heterocycles. The van der Waals surface area contributed by atoms with Gasteiger partial charge in [-0.05, 0) is 52.6 Å². The highest BCUT2D eigenvalue weighted by Gasteiger charge is 2.25. The molecule has 1 heterocycles. The highest BCUT2D eigenvalue weighted by atomic mass is 15.1. The first-order chi connectivity index (χ1) is 6.03. The molecule has 2 heteroatoms. The Bertz CT molecular complexity index is 203. The van der Waals surface area contributed by atoms with Crippen LogP contribution in [-0.2, 0) is 0 Å². The standard InChI is InChI=1S/C11H20N2/c1-11(2,9-12)7-10-5-4-6-13(3)8-10/h10H,4-8H2,1-3H3. The minimum Gasteiger partial charge on any atom is -0.306 e. The lowest BCUT2D eigenvalue weighted by atomic mass is 9.81. The minimum atomic E-state index is -0.136. The maximum absolute atomic E-state index is 8.93. The Morgan fingerprint density at radius 3 is 2.77 bits per heavy atom. The van der Waals surface area contributed by atoms with E-state index in [1.165, 1.54) is 25.9 Å². The summed E-state index contributed by atoms with van der Waals surface area (Å²) in [5.74, 6) is 0.730. The van der Waals surface area contributed by atoms with Crippen LogP contribution in [-0.4, -0.2) is 25.0 Å². The van der Waals surface area contributed by atoms with Crippen LogP contribution in [0.5, 0.6) is 0 Å². The first-order valence-corrected chi connectivity index (χ1v) is 5.13. The second-order valence-electron chi connectivity index (χ2n) is 4.97. The zero-order valence-electron chi connectivity index (χ0n) is 9.01. The van der Waals surface area contributed by atoms with E-state index in [0.29, 0.717) is 0 Å². The first-order valence-electron chi connectivity index (χ1n) is 5.13. The zero-order valence-corrected chi connectivity index (χ0v) is 9.01. The predicted octanol–water partition coefficient (Wildman–Crippen LogP) is 2.27. The van der Waals surface area contributed by atoms with Crippen molar-refractivity contribution in [1.29, 1.82) is 5.26 Å². The molecule has 0 aliphatic carbocycles. The molecule has 0 spiro atoms. The quantitative estimate of drug-likeness (QED) is 0.652. The molecule has 0 aromatic rings. The van der Waals surface area contributed by atoms with Gasteiger partial charge in [-0.25, -0.2) is 0 Å². The predicted molar refractivity (Wildman–Crippen MR) is 54.2 cm³/mol. The van der Waals surface area contributed by atoms with Gasteiger partial charge in [0.25, 0.3) is 0 Å². The summed E-state index contributed by atoms with van der Waals surface area (Å²) in [5, 5.41) is 8.93. The summed E-state index contributed by atoms with van der Waals surface area (Å²) < 4.78 is 0. The molecule has 1 rings (SSSR count). The van der Waals surface area contributed by atoms with Gasteiger partial charge in [-0.15, -0.1) is 0 Å². The summed E-state index contributed by atoms with van der Waals surface area (Å²) in [6, 6.07) is 2.38. The van der Waals surface area contributed by atoms with Crippen molar-refractivity contribution >= 4 is 0 Å². The van der Waals surface area contributed by atoms with Gasteiger partial charge in [-0.3, -0.25) is 0 Å². The Morgan fingerprint density at radius 1 is 1.54 bits per heavy atom. The van der Waals surface area contributed by atoms with E-state index in [1.807, 2.05) is 13.8 Å². The summed E-state index contributed by atoms with van der Waals surface area (Å²) in [4.78, 5) is 2.38. The van der Waals surface area contributed by atoms with E-state index in [4.69, 9.17) is 5.26 Å². The van der Waals surface area contributed by atoms with Crippen LogP contribution in [0.3, 0.4) is 0 Å². The molecule has 1 aliphatic heterocycles. The molecule has 1 aliphatic rings. The van der Waals surface area contributed by atoms with Crippen LogP contribution < -0.4 is 0 Å². The first kappa shape index (κ1) is 10.5. The maximum Gasteiger partial charge on any atom is 0.0684 e. The van der Waals surface area contributed by atoms with Gasteiger partial charge in [0.05, 0.1) is 11.5 Å². The van der Waals surface area contributed by atoms with Crippen molar-refractivity contribution in [3.63, 3.8) is 0 Å². The van der Waals surface area contributed by atoms with Gasteiger partial charge in [0.1, 0.15) is 0 Å². The number of hydrogen-bond donors (Lipinski definition) is 0. The summed E-state index contributed by atoms with van der Waals surface area (Å²) in [5.41, 5.74) is -0.136. The van der Waals surface area contributed by atoms with E-state index in [1.54, 1.807) is 0 Å². The highest BCUT2D eigenvalue weighted by molar-refractivity contribution is 4.93. The third kappa shape index (κ3) is 3.36. The van der Waals surface area contributed by atoms with Gasteiger partial charge in [0.2, 0.25) is 0 Å². The lowest BCUT2D eigenvalue weighted by Gasteiger charge is -2.32. The van der Waals surface area contributed by atoms with Gasteiger partial charge < -0.3 is 4.90 Å². The van der Waals surface area contributed by atoms with Crippen LogP contribution in [0.1, 0.15) is 33.1 Å². The van der Waals surface area contributed by atoms with Gasteiger partial charge in [-0.2, -0.15) is 5.26 Å². The SMILES string of the molecule is CN1CCCC(CC(C)(C)C#N)C1. The summed E-state index contributed by atoms with van der Waals surface area (Å²) >= 11 is 0. The van der Waals surface area contributed by atoms with E-state index in [-0.39, 0.29) is 5.41 Å². The van der Waals surface area contributed by atoms with Gasteiger partial charge >= 0.3 is 0 Å². The second-order valence-corrected chi connectivity index (χ2v) is 4.97. The van der Waals surface area contributed by atoms with Gasteiger partial charge in [0, 0.05) is 6.54 Å². The lowest BCUT2D eigenvalue weighted by molar-refractivity contribution is 0.176. The highest BCUT2D eigenvalue weighted by Crippen LogP contribution is 2.29. The van der Waals surface area contributed by atoms with Crippen LogP contribution in [0.25, 0.3) is 0 Å². The Balaban J connectivity index is 2.41. The topological polar surface area (TPSA) is 27.0 Å². The Kier molecular flexibility index (Phi) is 3.33. The average Bonchev–Trinajstić information content (AvgIpc) is 2.03. The van der Waals surface area contributed by atoms with Crippen LogP contribution >= 0.6 is 0 Å². The molecule has 0 aromatic carbocycles. The molecule has 0 aromatic heterocycles. The molecule has 2 nitrogen and oxygen atoms in total. The number of piperidine rings is 1. The van der Waals surface area contributed by atoms with E-state index < -0.39 is 0 Å². The van der Waals surface area contributed by atoms with Crippen molar-refractivity contribution in [2.45, 2.75) is 33.1 Å². The summed E-state index contributed by atoms with van der Waals surface area (Å²) in [6.45, 7) is 6.48. The molecule has 1 fully saturated rings. The number of rotatable bonds is 2. The fraction of sp³-hybridized carbons (Fsp3) is 0.909. The molecule has 0 radical (unpaired) electrons. The normalized spacial score (nSPS) is 25.5. The van der Waals surface area contributed by atoms with Crippen molar-refractivity contribution in [2.75, 3.05) is 20.1 Å². The van der Waals surface area contributed by atoms with Gasteiger partial charge in [-0.1, -0.05) is 0 Å². The lowest BCUT2D eigenvalue weighted by Crippen LogP contribution is -2.34. The summed E-state index contributed by atoms with van der Waals surface area (Å²) in [6.07, 6.45) is 3.64. The second kappa shape index (κ2) is 4.11. The average molecular weight is 180 g/mol. The molecule has 0 N–H and O–H groups in total. The number of nitriles is 1. The fourth-order valence-electron chi connectivity index (χ4n) is 2.21. The molecule has 0 amide bonds. The van der Waals surface area contributed by atoms with Crippen LogP contribution in [0.2, 0.25) is 0 Å². The molecule has 1 unspecified atom stereocenters. The molecule has 0 bridgehead atoms. The third-order valence-electron chi connectivity index (χ3n) is 2.82. The van der Waals surface area contributed by atoms with E-state index in [2.05, 4.69) is 18.0 Å². The van der Waals surface area contributed by atoms with Crippen LogP contribution in [0.15, 0.2) is 0 Å². The zero-order chi connectivity index (χ0) is 9.90. The van der Waals surface area contributed by atoms with Crippen molar-refractivity contribution in [3.05, 3.63) is 0 Å². The molecule has 1 atom stereocenters. The molecule has 13 heavy (non-hydrogen) atoms. The monoisotopic (exact) mass is 180 g/mol. The molecular formula is C11H20N2. The number of hydrogen-bond acceptors (Lipinski definition) is 2. The number of likely N-dealkylation sites (tertiary alicyclic amines) is 1. The smallest absolute Gasteiger partial charge is 0.0684 e. The maximum atomic E-state index is 8.93. The molecular weight excluding hydrogens is 160 g/mol. The van der Waals surface area contributed by atoms with E-state index in [0.717, 1.165) is 12.3 Å². The Hall–Kier alpha value is -0.550. The largest absolute Gasteiger partial charge is 0.306 e. The molecule has 74 valence electrons. The van der Waals surface area contributed by atoms with Crippen molar-refractivity contribution in [3.8, 4) is 6.07 Å². The molecule has 0 saturated carbocycles. The van der Waals surface area contributed by atoms with Crippen molar-refractivity contribution in [2.24, 2.45) is 11.3 Å². The van der Waals surface area contributed by atoms with E-state index >= 15 is 0 Å². The van der Waals surface area contributed by atoms with Crippen molar-refractivity contribution < 1.29 is 0 Å². The number of nitrogens with zero attached hydrogens (tertiary/aromatic N) is 2. The van der Waals surface area contributed by atoms with Crippen LogP contribution in [0, 0.1) is 22.7 Å². The minimum absolute atomic E-state index is 0.136. The van der Waals surface area contributed by atoms with Gasteiger partial charge in [0.15, 0.2) is 0 Å².